The van der Waals surface area contributed by atoms with Crippen LogP contribution in [-0.4, -0.2) is 5.91 Å². The molecule has 1 aromatic carbocycles. The monoisotopic (exact) mass is 247 g/mol. The highest BCUT2D eigenvalue weighted by molar-refractivity contribution is 5.93. The van der Waals surface area contributed by atoms with E-state index < -0.39 is 0 Å². The average Bonchev–Trinajstić information content (AvgIpc) is 2.30. The van der Waals surface area contributed by atoms with E-state index in [4.69, 9.17) is 5.73 Å². The lowest BCUT2D eigenvalue weighted by Gasteiger charge is -2.24. The molecule has 0 radical (unpaired) electrons. The van der Waals surface area contributed by atoms with Gasteiger partial charge >= 0.3 is 0 Å². The van der Waals surface area contributed by atoms with Crippen LogP contribution in [0.3, 0.4) is 0 Å². The maximum atomic E-state index is 11.1. The summed E-state index contributed by atoms with van der Waals surface area (Å²) in [5, 5.41) is 0. The van der Waals surface area contributed by atoms with Gasteiger partial charge in [0.05, 0.1) is 0 Å². The summed E-state index contributed by atoms with van der Waals surface area (Å²) in [6, 6.07) is 5.76. The molecular weight excluding hydrogens is 222 g/mol. The van der Waals surface area contributed by atoms with Crippen molar-refractivity contribution in [3.63, 3.8) is 0 Å². The average molecular weight is 247 g/mol. The molecule has 1 rings (SSSR count). The Morgan fingerprint density at radius 2 is 1.83 bits per heavy atom. The minimum absolute atomic E-state index is 0.353. The van der Waals surface area contributed by atoms with Crippen molar-refractivity contribution < 1.29 is 4.79 Å². The van der Waals surface area contributed by atoms with Gasteiger partial charge in [-0.2, -0.15) is 0 Å². The van der Waals surface area contributed by atoms with Gasteiger partial charge in [-0.05, 0) is 54.4 Å². The fourth-order valence-corrected chi connectivity index (χ4v) is 2.27. The molecule has 100 valence electrons. The zero-order valence-corrected chi connectivity index (χ0v) is 12.2. The van der Waals surface area contributed by atoms with Gasteiger partial charge in [0.1, 0.15) is 0 Å². The molecule has 0 aliphatic rings. The standard InChI is InChI=1S/C16H25NO/c1-10(2)13(5)11(3)8-14-6-7-15(16(17)18)9-12(14)4/h6-7,9-11,13H,8H2,1-5H3,(H2,17,18). The predicted molar refractivity (Wildman–Crippen MR) is 76.6 cm³/mol. The first kappa shape index (κ1) is 14.7. The van der Waals surface area contributed by atoms with E-state index in [-0.39, 0.29) is 5.91 Å². The number of carbonyl (C=O) groups excluding carboxylic acids is 1. The maximum Gasteiger partial charge on any atom is 0.248 e. The van der Waals surface area contributed by atoms with Crippen LogP contribution in [0.5, 0.6) is 0 Å². The molecule has 18 heavy (non-hydrogen) atoms. The van der Waals surface area contributed by atoms with Crippen molar-refractivity contribution in [3.05, 3.63) is 34.9 Å². The van der Waals surface area contributed by atoms with Gasteiger partial charge in [0.25, 0.3) is 0 Å². The molecule has 0 spiro atoms. The van der Waals surface area contributed by atoms with E-state index in [1.807, 2.05) is 18.2 Å². The summed E-state index contributed by atoms with van der Waals surface area (Å²) in [6.45, 7) is 11.2. The SMILES string of the molecule is Cc1cc(C(N)=O)ccc1CC(C)C(C)C(C)C. The van der Waals surface area contributed by atoms with Gasteiger partial charge in [0, 0.05) is 5.56 Å². The number of amides is 1. The normalized spacial score (nSPS) is 14.6. The highest BCUT2D eigenvalue weighted by Crippen LogP contribution is 2.25. The molecule has 0 aliphatic heterocycles. The molecule has 2 atom stereocenters. The number of hydrogen-bond donors (Lipinski definition) is 1. The van der Waals surface area contributed by atoms with E-state index in [9.17, 15) is 4.79 Å². The largest absolute Gasteiger partial charge is 0.366 e. The minimum Gasteiger partial charge on any atom is -0.366 e. The van der Waals surface area contributed by atoms with Crippen LogP contribution in [0.25, 0.3) is 0 Å². The van der Waals surface area contributed by atoms with Crippen molar-refractivity contribution in [3.8, 4) is 0 Å². The molecule has 0 heterocycles. The number of aryl methyl sites for hydroxylation is 1. The van der Waals surface area contributed by atoms with Crippen molar-refractivity contribution in [1.29, 1.82) is 0 Å². The summed E-state index contributed by atoms with van der Waals surface area (Å²) < 4.78 is 0. The number of primary amides is 1. The minimum atomic E-state index is -0.353. The second kappa shape index (κ2) is 6.03. The molecule has 0 fully saturated rings. The van der Waals surface area contributed by atoms with Crippen molar-refractivity contribution in [2.24, 2.45) is 23.5 Å². The van der Waals surface area contributed by atoms with Gasteiger partial charge in [-0.1, -0.05) is 33.8 Å². The Hall–Kier alpha value is -1.31. The molecule has 1 aromatic rings. The molecule has 0 saturated heterocycles. The van der Waals surface area contributed by atoms with Gasteiger partial charge < -0.3 is 5.73 Å². The Morgan fingerprint density at radius 1 is 1.22 bits per heavy atom. The molecule has 0 saturated carbocycles. The quantitative estimate of drug-likeness (QED) is 0.849. The Kier molecular flexibility index (Phi) is 4.94. The molecule has 2 unspecified atom stereocenters. The summed E-state index contributed by atoms with van der Waals surface area (Å²) in [5.74, 6) is 1.68. The summed E-state index contributed by atoms with van der Waals surface area (Å²) >= 11 is 0. The van der Waals surface area contributed by atoms with Crippen LogP contribution in [0.1, 0.15) is 49.2 Å². The Bertz CT molecular complexity index is 423. The lowest BCUT2D eigenvalue weighted by molar-refractivity contribution is 0.1000. The van der Waals surface area contributed by atoms with Crippen LogP contribution in [0.15, 0.2) is 18.2 Å². The molecule has 0 aromatic heterocycles. The van der Waals surface area contributed by atoms with E-state index >= 15 is 0 Å². The number of benzene rings is 1. The van der Waals surface area contributed by atoms with Crippen molar-refractivity contribution in [2.75, 3.05) is 0 Å². The van der Waals surface area contributed by atoms with E-state index in [2.05, 4.69) is 34.6 Å². The summed E-state index contributed by atoms with van der Waals surface area (Å²) in [7, 11) is 0. The number of hydrogen-bond acceptors (Lipinski definition) is 1. The molecule has 0 aliphatic carbocycles. The third-order valence-corrected chi connectivity index (χ3v) is 4.12. The van der Waals surface area contributed by atoms with Crippen LogP contribution in [0.4, 0.5) is 0 Å². The highest BCUT2D eigenvalue weighted by Gasteiger charge is 2.17. The summed E-state index contributed by atoms with van der Waals surface area (Å²) in [5.41, 5.74) is 8.36. The van der Waals surface area contributed by atoms with Crippen molar-refractivity contribution in [1.82, 2.24) is 0 Å². The maximum absolute atomic E-state index is 11.1. The van der Waals surface area contributed by atoms with Crippen LogP contribution < -0.4 is 5.73 Å². The van der Waals surface area contributed by atoms with Gasteiger partial charge in [-0.15, -0.1) is 0 Å². The zero-order chi connectivity index (χ0) is 13.9. The van der Waals surface area contributed by atoms with Crippen molar-refractivity contribution in [2.45, 2.75) is 41.0 Å². The predicted octanol–water partition coefficient (Wildman–Crippen LogP) is 3.56. The number of nitrogens with two attached hydrogens (primary N) is 1. The van der Waals surface area contributed by atoms with Gasteiger partial charge in [-0.3, -0.25) is 4.79 Å². The van der Waals surface area contributed by atoms with Gasteiger partial charge in [0.2, 0.25) is 5.91 Å². The first-order valence-corrected chi connectivity index (χ1v) is 6.72. The fourth-order valence-electron chi connectivity index (χ4n) is 2.27. The molecule has 2 heteroatoms. The van der Waals surface area contributed by atoms with Crippen molar-refractivity contribution >= 4 is 5.91 Å². The molecule has 0 bridgehead atoms. The van der Waals surface area contributed by atoms with Crippen LogP contribution in [0, 0.1) is 24.7 Å². The topological polar surface area (TPSA) is 43.1 Å². The lowest BCUT2D eigenvalue weighted by atomic mass is 9.82. The fraction of sp³-hybridized carbons (Fsp3) is 0.562. The third kappa shape index (κ3) is 3.59. The molecule has 2 nitrogen and oxygen atoms in total. The first-order chi connectivity index (χ1) is 8.32. The molecular formula is C16H25NO. The third-order valence-electron chi connectivity index (χ3n) is 4.12. The molecule has 1 amide bonds. The van der Waals surface area contributed by atoms with E-state index in [1.54, 1.807) is 0 Å². The van der Waals surface area contributed by atoms with E-state index in [1.165, 1.54) is 5.56 Å². The van der Waals surface area contributed by atoms with Crippen LogP contribution >= 0.6 is 0 Å². The van der Waals surface area contributed by atoms with Gasteiger partial charge in [0.15, 0.2) is 0 Å². The smallest absolute Gasteiger partial charge is 0.248 e. The zero-order valence-electron chi connectivity index (χ0n) is 12.2. The Morgan fingerprint density at radius 3 is 2.28 bits per heavy atom. The Balaban J connectivity index is 2.83. The van der Waals surface area contributed by atoms with E-state index in [0.717, 1.165) is 12.0 Å². The number of carbonyl (C=O) groups is 1. The second-order valence-corrected chi connectivity index (χ2v) is 5.79. The van der Waals surface area contributed by atoms with Crippen LogP contribution in [-0.2, 0) is 6.42 Å². The number of rotatable bonds is 5. The Labute approximate surface area is 111 Å². The summed E-state index contributed by atoms with van der Waals surface area (Å²) in [4.78, 5) is 11.1. The van der Waals surface area contributed by atoms with Gasteiger partial charge in [-0.25, -0.2) is 0 Å². The summed E-state index contributed by atoms with van der Waals surface area (Å²) in [6.07, 6.45) is 1.06. The highest BCUT2D eigenvalue weighted by atomic mass is 16.1. The second-order valence-electron chi connectivity index (χ2n) is 5.79. The lowest BCUT2D eigenvalue weighted by Crippen LogP contribution is -2.17. The van der Waals surface area contributed by atoms with Crippen LogP contribution in [0.2, 0.25) is 0 Å². The first-order valence-electron chi connectivity index (χ1n) is 6.72. The van der Waals surface area contributed by atoms with E-state index in [0.29, 0.717) is 23.3 Å². The molecule has 2 N–H and O–H groups in total.